The van der Waals surface area contributed by atoms with Crippen LogP contribution >= 0.6 is 0 Å². The summed E-state index contributed by atoms with van der Waals surface area (Å²) in [6, 6.07) is 25.3. The lowest BCUT2D eigenvalue weighted by molar-refractivity contribution is -0.115. The summed E-state index contributed by atoms with van der Waals surface area (Å²) in [6.07, 6.45) is 5.36. The molecule has 0 bridgehead atoms. The van der Waals surface area contributed by atoms with Crippen molar-refractivity contribution in [1.82, 2.24) is 0 Å². The Balaban J connectivity index is 1.22. The van der Waals surface area contributed by atoms with Gasteiger partial charge in [0.05, 0.1) is 0 Å². The summed E-state index contributed by atoms with van der Waals surface area (Å²) in [7, 11) is 3.44. The summed E-state index contributed by atoms with van der Waals surface area (Å²) in [4.78, 5) is 2.48. The number of piperidine rings is 1. The van der Waals surface area contributed by atoms with Crippen molar-refractivity contribution in [2.45, 2.75) is 32.2 Å². The van der Waals surface area contributed by atoms with E-state index in [-0.39, 0.29) is 6.29 Å². The molecule has 1 fully saturated rings. The Hall–Kier alpha value is -3.28. The first-order valence-corrected chi connectivity index (χ1v) is 12.8. The predicted molar refractivity (Wildman–Crippen MR) is 144 cm³/mol. The van der Waals surface area contributed by atoms with E-state index in [2.05, 4.69) is 53.4 Å². The average molecular weight is 486 g/mol. The molecule has 5 rings (SSSR count). The highest BCUT2D eigenvalue weighted by molar-refractivity contribution is 5.84. The van der Waals surface area contributed by atoms with Crippen LogP contribution in [0.3, 0.4) is 0 Å². The van der Waals surface area contributed by atoms with Crippen LogP contribution < -0.4 is 14.4 Å². The molecule has 0 aliphatic carbocycles. The minimum Gasteiger partial charge on any atom is -0.489 e. The molecule has 5 heteroatoms. The van der Waals surface area contributed by atoms with Gasteiger partial charge in [-0.05, 0) is 65.8 Å². The number of fused-ring (bicyclic) bond motifs is 1. The maximum Gasteiger partial charge on any atom is 0.157 e. The van der Waals surface area contributed by atoms with E-state index in [1.807, 2.05) is 30.3 Å². The fourth-order valence-electron chi connectivity index (χ4n) is 5.11. The number of rotatable bonds is 9. The minimum absolute atomic E-state index is 0.0945. The van der Waals surface area contributed by atoms with Crippen molar-refractivity contribution in [3.8, 4) is 11.5 Å². The van der Waals surface area contributed by atoms with Crippen molar-refractivity contribution in [1.29, 1.82) is 0 Å². The largest absolute Gasteiger partial charge is 0.489 e. The molecule has 2 aliphatic rings. The topological polar surface area (TPSA) is 40.2 Å². The van der Waals surface area contributed by atoms with E-state index in [0.717, 1.165) is 55.0 Å². The van der Waals surface area contributed by atoms with Crippen LogP contribution in [0.1, 0.15) is 36.0 Å². The van der Waals surface area contributed by atoms with Gasteiger partial charge in [-0.15, -0.1) is 0 Å². The van der Waals surface area contributed by atoms with E-state index < -0.39 is 0 Å². The Bertz CT molecular complexity index is 1150. The second-order valence-electron chi connectivity index (χ2n) is 9.48. The zero-order valence-corrected chi connectivity index (χ0v) is 21.2. The molecule has 0 aromatic heterocycles. The molecule has 0 radical (unpaired) electrons. The maximum absolute atomic E-state index is 6.00. The van der Waals surface area contributed by atoms with Gasteiger partial charge in [-0.1, -0.05) is 42.5 Å². The molecular formula is C31H35NO4. The first-order valence-electron chi connectivity index (χ1n) is 12.8. The van der Waals surface area contributed by atoms with Crippen molar-refractivity contribution in [2.24, 2.45) is 5.92 Å². The smallest absolute Gasteiger partial charge is 0.157 e. The number of nitrogens with zero attached hydrogens (tertiary/aromatic N) is 1. The average Bonchev–Trinajstić information content (AvgIpc) is 2.95. The molecule has 0 N–H and O–H groups in total. The van der Waals surface area contributed by atoms with Crippen molar-refractivity contribution in [3.63, 3.8) is 0 Å². The van der Waals surface area contributed by atoms with E-state index >= 15 is 0 Å². The number of anilines is 1. The van der Waals surface area contributed by atoms with Gasteiger partial charge in [0.15, 0.2) is 6.29 Å². The Kier molecular flexibility index (Phi) is 7.89. The lowest BCUT2D eigenvalue weighted by Crippen LogP contribution is -2.35. The van der Waals surface area contributed by atoms with Crippen LogP contribution in [-0.2, 0) is 16.1 Å². The summed E-state index contributed by atoms with van der Waals surface area (Å²) in [6.45, 7) is 3.23. The summed E-state index contributed by atoms with van der Waals surface area (Å²) >= 11 is 0. The summed E-state index contributed by atoms with van der Waals surface area (Å²) in [5, 5.41) is 0. The first-order chi connectivity index (χ1) is 17.7. The molecule has 188 valence electrons. The molecule has 0 spiro atoms. The molecule has 2 heterocycles. The third kappa shape index (κ3) is 5.75. The van der Waals surface area contributed by atoms with Gasteiger partial charge in [-0.3, -0.25) is 0 Å². The molecule has 0 unspecified atom stereocenters. The van der Waals surface area contributed by atoms with Crippen LogP contribution in [0, 0.1) is 5.92 Å². The lowest BCUT2D eigenvalue weighted by atomic mass is 9.92. The fraction of sp³-hybridized carbons (Fsp3) is 0.355. The monoisotopic (exact) mass is 485 g/mol. The molecule has 5 nitrogen and oxygen atoms in total. The molecule has 1 saturated heterocycles. The van der Waals surface area contributed by atoms with Crippen LogP contribution in [-0.4, -0.2) is 40.2 Å². The number of hydrogen-bond donors (Lipinski definition) is 0. The van der Waals surface area contributed by atoms with E-state index in [9.17, 15) is 0 Å². The number of ether oxygens (including phenoxy) is 4. The number of hydrogen-bond acceptors (Lipinski definition) is 5. The Morgan fingerprint density at radius 1 is 0.917 bits per heavy atom. The molecule has 0 saturated carbocycles. The zero-order chi connectivity index (χ0) is 24.7. The van der Waals surface area contributed by atoms with Crippen LogP contribution in [0.2, 0.25) is 0 Å². The highest BCUT2D eigenvalue weighted by Gasteiger charge is 2.23. The summed E-state index contributed by atoms with van der Waals surface area (Å²) in [5.41, 5.74) is 5.95. The maximum atomic E-state index is 6.00. The van der Waals surface area contributed by atoms with Gasteiger partial charge in [0, 0.05) is 51.0 Å². The molecule has 36 heavy (non-hydrogen) atoms. The minimum atomic E-state index is -0.0945. The highest BCUT2D eigenvalue weighted by atomic mass is 16.7. The van der Waals surface area contributed by atoms with Crippen molar-refractivity contribution >= 4 is 11.3 Å². The Labute approximate surface area is 214 Å². The van der Waals surface area contributed by atoms with Gasteiger partial charge in [-0.2, -0.15) is 0 Å². The summed E-state index contributed by atoms with van der Waals surface area (Å²) in [5.74, 6) is 2.34. The van der Waals surface area contributed by atoms with E-state index in [4.69, 9.17) is 18.9 Å². The van der Waals surface area contributed by atoms with Crippen molar-refractivity contribution in [2.75, 3.05) is 38.8 Å². The van der Waals surface area contributed by atoms with Gasteiger partial charge in [0.1, 0.15) is 24.7 Å². The second-order valence-corrected chi connectivity index (χ2v) is 9.48. The lowest BCUT2D eigenvalue weighted by Gasteiger charge is -2.34. The second kappa shape index (κ2) is 11.6. The Morgan fingerprint density at radius 3 is 2.39 bits per heavy atom. The standard InChI is InChI=1S/C31H35NO4/c1-33-31(34-2)20-23-14-17-32(18-15-23)26-10-8-25(9-11-26)28-16-19-35-30-21-27(12-13-29(28)30)36-22-24-6-4-3-5-7-24/h3-13,16,21,23,31H,14-15,17-20,22H2,1-2H3. The van der Waals surface area contributed by atoms with Gasteiger partial charge >= 0.3 is 0 Å². The van der Waals surface area contributed by atoms with Crippen molar-refractivity contribution in [3.05, 3.63) is 95.6 Å². The van der Waals surface area contributed by atoms with Crippen molar-refractivity contribution < 1.29 is 18.9 Å². The van der Waals surface area contributed by atoms with Gasteiger partial charge in [-0.25, -0.2) is 0 Å². The predicted octanol–water partition coefficient (Wildman–Crippen LogP) is 6.32. The normalized spacial score (nSPS) is 15.9. The molecule has 0 atom stereocenters. The molecule has 3 aromatic rings. The highest BCUT2D eigenvalue weighted by Crippen LogP contribution is 2.37. The summed E-state index contributed by atoms with van der Waals surface area (Å²) < 4.78 is 22.7. The third-order valence-corrected chi connectivity index (χ3v) is 7.23. The van der Waals surface area contributed by atoms with E-state index in [1.54, 1.807) is 14.2 Å². The number of benzene rings is 3. The van der Waals surface area contributed by atoms with Crippen LogP contribution in [0.15, 0.2) is 78.9 Å². The molecule has 2 aliphatic heterocycles. The van der Waals surface area contributed by atoms with Gasteiger partial charge < -0.3 is 23.8 Å². The quantitative estimate of drug-likeness (QED) is 0.332. The van der Waals surface area contributed by atoms with Gasteiger partial charge in [0.2, 0.25) is 0 Å². The van der Waals surface area contributed by atoms with Crippen LogP contribution in [0.4, 0.5) is 5.69 Å². The third-order valence-electron chi connectivity index (χ3n) is 7.23. The van der Waals surface area contributed by atoms with Crippen LogP contribution in [0.5, 0.6) is 11.5 Å². The molecule has 0 amide bonds. The SMILES string of the molecule is COC(CC1CCN(c2ccc(C3=CCOc4cc(OCc5ccccc5)ccc43)cc2)CC1)OC. The first kappa shape index (κ1) is 24.4. The van der Waals surface area contributed by atoms with Crippen LogP contribution in [0.25, 0.3) is 5.57 Å². The number of methoxy groups -OCH3 is 2. The van der Waals surface area contributed by atoms with Gasteiger partial charge in [0.25, 0.3) is 0 Å². The molecule has 3 aromatic carbocycles. The molecular weight excluding hydrogens is 450 g/mol. The van der Waals surface area contributed by atoms with E-state index in [0.29, 0.717) is 19.1 Å². The zero-order valence-electron chi connectivity index (χ0n) is 21.2. The van der Waals surface area contributed by atoms with E-state index in [1.165, 1.54) is 16.8 Å². The Morgan fingerprint density at radius 2 is 1.67 bits per heavy atom. The fourth-order valence-corrected chi connectivity index (χ4v) is 5.11.